The van der Waals surface area contributed by atoms with Crippen molar-refractivity contribution in [1.82, 2.24) is 4.90 Å². The van der Waals surface area contributed by atoms with Crippen LogP contribution in [0.4, 0.5) is 0 Å². The quantitative estimate of drug-likeness (QED) is 0.895. The molecule has 3 heteroatoms. The van der Waals surface area contributed by atoms with E-state index in [1.165, 1.54) is 49.8 Å². The van der Waals surface area contributed by atoms with Gasteiger partial charge in [0.25, 0.3) is 0 Å². The number of piperidine rings is 1. The Hall–Kier alpha value is -0.730. The van der Waals surface area contributed by atoms with Gasteiger partial charge in [-0.15, -0.1) is 12.4 Å². The van der Waals surface area contributed by atoms with E-state index in [9.17, 15) is 5.11 Å². The number of benzene rings is 1. The number of rotatable bonds is 2. The fourth-order valence-electron chi connectivity index (χ4n) is 4.61. The Morgan fingerprint density at radius 2 is 2.20 bits per heavy atom. The number of likely N-dealkylation sites (tertiary alicyclic amines) is 1. The molecule has 2 aliphatic rings. The number of aryl methyl sites for hydroxylation is 1. The maximum Gasteiger partial charge on any atom is 0.115 e. The Morgan fingerprint density at radius 1 is 1.40 bits per heavy atom. The van der Waals surface area contributed by atoms with Gasteiger partial charge in [-0.25, -0.2) is 0 Å². The molecule has 1 aliphatic heterocycles. The lowest BCUT2D eigenvalue weighted by atomic mass is 9.60. The van der Waals surface area contributed by atoms with Gasteiger partial charge in [-0.05, 0) is 69.0 Å². The van der Waals surface area contributed by atoms with E-state index in [1.807, 2.05) is 6.07 Å². The second-order valence-electron chi connectivity index (χ2n) is 6.39. The number of fused-ring (bicyclic) bond motifs is 3. The number of hydrogen-bond acceptors (Lipinski definition) is 2. The number of phenols is 1. The minimum atomic E-state index is 0. The molecule has 0 spiro atoms. The standard InChI is InChI=1S/C17H25NO.ClH/c1-3-9-17-10-4-11-18(2)16(17)8-6-13-5-7-14(19)12-15(13)17;/h5,7,12,16,19H,3-4,6,8-11H2,1-2H3;1H/t16-,17-;/m0./s1. The van der Waals surface area contributed by atoms with Gasteiger partial charge in [-0.1, -0.05) is 19.4 Å². The molecule has 1 fully saturated rings. The van der Waals surface area contributed by atoms with Gasteiger partial charge in [-0.3, -0.25) is 0 Å². The molecule has 0 amide bonds. The molecule has 1 aromatic rings. The van der Waals surface area contributed by atoms with Gasteiger partial charge in [0.2, 0.25) is 0 Å². The van der Waals surface area contributed by atoms with Gasteiger partial charge in [0.1, 0.15) is 5.75 Å². The van der Waals surface area contributed by atoms with Crippen molar-refractivity contribution in [3.8, 4) is 5.75 Å². The SMILES string of the molecule is CCC[C@@]12CCCN(C)[C@H]1CCc1ccc(O)cc12.Cl. The van der Waals surface area contributed by atoms with Crippen molar-refractivity contribution in [3.05, 3.63) is 29.3 Å². The zero-order valence-electron chi connectivity index (χ0n) is 12.6. The Kier molecular flexibility index (Phi) is 4.66. The molecule has 2 nitrogen and oxygen atoms in total. The Balaban J connectivity index is 0.00000147. The highest BCUT2D eigenvalue weighted by Gasteiger charge is 2.46. The molecular formula is C17H26ClNO. The van der Waals surface area contributed by atoms with Crippen LogP contribution in [0.3, 0.4) is 0 Å². The van der Waals surface area contributed by atoms with Crippen LogP contribution >= 0.6 is 12.4 Å². The van der Waals surface area contributed by atoms with Gasteiger partial charge < -0.3 is 10.0 Å². The molecule has 2 atom stereocenters. The molecule has 0 saturated carbocycles. The summed E-state index contributed by atoms with van der Waals surface area (Å²) in [7, 11) is 2.28. The van der Waals surface area contributed by atoms with E-state index < -0.39 is 0 Å². The average molecular weight is 296 g/mol. The zero-order chi connectivity index (χ0) is 13.5. The minimum absolute atomic E-state index is 0. The molecule has 112 valence electrons. The first-order valence-corrected chi connectivity index (χ1v) is 7.70. The zero-order valence-corrected chi connectivity index (χ0v) is 13.4. The number of nitrogens with zero attached hydrogens (tertiary/aromatic N) is 1. The molecule has 0 aromatic heterocycles. The van der Waals surface area contributed by atoms with Crippen LogP contribution in [0.5, 0.6) is 5.75 Å². The summed E-state index contributed by atoms with van der Waals surface area (Å²) in [5, 5.41) is 9.91. The van der Waals surface area contributed by atoms with Gasteiger partial charge in [-0.2, -0.15) is 0 Å². The summed E-state index contributed by atoms with van der Waals surface area (Å²) < 4.78 is 0. The number of aromatic hydroxyl groups is 1. The summed E-state index contributed by atoms with van der Waals surface area (Å²) in [6.45, 7) is 3.52. The van der Waals surface area contributed by atoms with Gasteiger partial charge in [0, 0.05) is 11.5 Å². The fraction of sp³-hybridized carbons (Fsp3) is 0.647. The van der Waals surface area contributed by atoms with E-state index in [1.54, 1.807) is 0 Å². The lowest BCUT2D eigenvalue weighted by Gasteiger charge is -2.53. The molecule has 1 aromatic carbocycles. The van der Waals surface area contributed by atoms with Crippen molar-refractivity contribution in [2.75, 3.05) is 13.6 Å². The maximum absolute atomic E-state index is 9.91. The third-order valence-corrected chi connectivity index (χ3v) is 5.32. The van der Waals surface area contributed by atoms with Crippen molar-refractivity contribution < 1.29 is 5.11 Å². The van der Waals surface area contributed by atoms with E-state index in [0.29, 0.717) is 11.8 Å². The first-order chi connectivity index (χ1) is 9.17. The molecule has 0 radical (unpaired) electrons. The van der Waals surface area contributed by atoms with Crippen LogP contribution in [-0.2, 0) is 11.8 Å². The van der Waals surface area contributed by atoms with E-state index in [0.717, 1.165) is 6.42 Å². The normalized spacial score (nSPS) is 29.2. The van der Waals surface area contributed by atoms with Crippen LogP contribution in [-0.4, -0.2) is 29.6 Å². The lowest BCUT2D eigenvalue weighted by molar-refractivity contribution is 0.0669. The van der Waals surface area contributed by atoms with Gasteiger partial charge in [0.15, 0.2) is 0 Å². The van der Waals surface area contributed by atoms with Crippen LogP contribution in [0.25, 0.3) is 0 Å². The summed E-state index contributed by atoms with van der Waals surface area (Å²) in [5.74, 6) is 0.433. The Bertz CT molecular complexity index is 472. The highest BCUT2D eigenvalue weighted by atomic mass is 35.5. The van der Waals surface area contributed by atoms with Gasteiger partial charge >= 0.3 is 0 Å². The highest BCUT2D eigenvalue weighted by Crippen LogP contribution is 2.49. The van der Waals surface area contributed by atoms with Crippen molar-refractivity contribution in [2.24, 2.45) is 0 Å². The summed E-state index contributed by atoms with van der Waals surface area (Å²) in [6, 6.07) is 6.71. The lowest BCUT2D eigenvalue weighted by Crippen LogP contribution is -2.55. The van der Waals surface area contributed by atoms with Crippen LogP contribution < -0.4 is 0 Å². The third kappa shape index (κ3) is 2.33. The van der Waals surface area contributed by atoms with Crippen molar-refractivity contribution in [2.45, 2.75) is 56.9 Å². The minimum Gasteiger partial charge on any atom is -0.508 e. The van der Waals surface area contributed by atoms with Crippen LogP contribution in [0.15, 0.2) is 18.2 Å². The molecular weight excluding hydrogens is 270 g/mol. The smallest absolute Gasteiger partial charge is 0.115 e. The van der Waals surface area contributed by atoms with Crippen LogP contribution in [0.1, 0.15) is 50.2 Å². The van der Waals surface area contributed by atoms with Crippen molar-refractivity contribution in [1.29, 1.82) is 0 Å². The molecule has 0 bridgehead atoms. The van der Waals surface area contributed by atoms with E-state index in [4.69, 9.17) is 0 Å². The number of likely N-dealkylation sites (N-methyl/N-ethyl adjacent to an activating group) is 1. The predicted octanol–water partition coefficient (Wildman–Crippen LogP) is 3.89. The summed E-state index contributed by atoms with van der Waals surface area (Å²) in [6.07, 6.45) is 7.47. The molecule has 1 N–H and O–H groups in total. The first-order valence-electron chi connectivity index (χ1n) is 7.70. The van der Waals surface area contributed by atoms with Crippen LogP contribution in [0, 0.1) is 0 Å². The fourth-order valence-corrected chi connectivity index (χ4v) is 4.61. The second-order valence-corrected chi connectivity index (χ2v) is 6.39. The number of phenolic OH excluding ortho intramolecular Hbond substituents is 1. The van der Waals surface area contributed by atoms with Crippen molar-refractivity contribution in [3.63, 3.8) is 0 Å². The Morgan fingerprint density at radius 3 is 2.95 bits per heavy atom. The van der Waals surface area contributed by atoms with Crippen LogP contribution in [0.2, 0.25) is 0 Å². The largest absolute Gasteiger partial charge is 0.508 e. The summed E-state index contributed by atoms with van der Waals surface area (Å²) in [4.78, 5) is 2.56. The summed E-state index contributed by atoms with van der Waals surface area (Å²) in [5.41, 5.74) is 3.20. The number of halogens is 1. The van der Waals surface area contributed by atoms with Gasteiger partial charge in [0.05, 0.1) is 0 Å². The molecule has 3 rings (SSSR count). The van der Waals surface area contributed by atoms with E-state index in [2.05, 4.69) is 31.0 Å². The topological polar surface area (TPSA) is 23.5 Å². The molecule has 0 unspecified atom stereocenters. The molecule has 20 heavy (non-hydrogen) atoms. The maximum atomic E-state index is 9.91. The second kappa shape index (κ2) is 5.95. The van der Waals surface area contributed by atoms with Crippen molar-refractivity contribution >= 4 is 12.4 Å². The molecule has 1 heterocycles. The predicted molar refractivity (Wildman–Crippen MR) is 85.9 cm³/mol. The Labute approximate surface area is 128 Å². The molecule has 1 saturated heterocycles. The summed E-state index contributed by atoms with van der Waals surface area (Å²) >= 11 is 0. The average Bonchev–Trinajstić information content (AvgIpc) is 2.39. The van der Waals surface area contributed by atoms with E-state index >= 15 is 0 Å². The highest BCUT2D eigenvalue weighted by molar-refractivity contribution is 5.85. The monoisotopic (exact) mass is 295 g/mol. The number of hydrogen-bond donors (Lipinski definition) is 1. The third-order valence-electron chi connectivity index (χ3n) is 5.32. The molecule has 1 aliphatic carbocycles. The van der Waals surface area contributed by atoms with E-state index in [-0.39, 0.29) is 17.8 Å². The first kappa shape index (κ1) is 15.7.